The molecule has 0 spiro atoms. The van der Waals surface area contributed by atoms with Gasteiger partial charge in [-0.3, -0.25) is 9.59 Å². The number of amides is 2. The smallest absolute Gasteiger partial charge is 0.258 e. The average Bonchev–Trinajstić information content (AvgIpc) is 3.19. The number of anilines is 1. The SMILES string of the molecule is O=C(COc1ccc(N2CCCC2=O)cc1)NC1CC2CCC(C1)N2. The van der Waals surface area contributed by atoms with Crippen molar-refractivity contribution in [3.8, 4) is 5.75 Å². The van der Waals surface area contributed by atoms with E-state index in [1.54, 1.807) is 4.90 Å². The van der Waals surface area contributed by atoms with Gasteiger partial charge in [0.1, 0.15) is 5.75 Å². The fraction of sp³-hybridized carbons (Fsp3) is 0.579. The topological polar surface area (TPSA) is 70.7 Å². The summed E-state index contributed by atoms with van der Waals surface area (Å²) in [4.78, 5) is 25.7. The lowest BCUT2D eigenvalue weighted by molar-refractivity contribution is -0.124. The van der Waals surface area contributed by atoms with Crippen LogP contribution in [0.15, 0.2) is 24.3 Å². The molecule has 3 aliphatic rings. The van der Waals surface area contributed by atoms with Gasteiger partial charge in [0.15, 0.2) is 6.61 Å². The summed E-state index contributed by atoms with van der Waals surface area (Å²) >= 11 is 0. The molecule has 3 aliphatic heterocycles. The number of nitrogens with zero attached hydrogens (tertiary/aromatic N) is 1. The first-order valence-corrected chi connectivity index (χ1v) is 9.26. The summed E-state index contributed by atoms with van der Waals surface area (Å²) in [7, 11) is 0. The second kappa shape index (κ2) is 7.04. The second-order valence-electron chi connectivity index (χ2n) is 7.31. The molecule has 3 fully saturated rings. The van der Waals surface area contributed by atoms with Crippen LogP contribution >= 0.6 is 0 Å². The number of hydrogen-bond donors (Lipinski definition) is 2. The number of hydrogen-bond acceptors (Lipinski definition) is 4. The van der Waals surface area contributed by atoms with Gasteiger partial charge in [-0.25, -0.2) is 0 Å². The van der Waals surface area contributed by atoms with Crippen LogP contribution in [0, 0.1) is 0 Å². The van der Waals surface area contributed by atoms with Crippen LogP contribution in [0.1, 0.15) is 38.5 Å². The Morgan fingerprint density at radius 1 is 1.20 bits per heavy atom. The van der Waals surface area contributed by atoms with Crippen molar-refractivity contribution < 1.29 is 14.3 Å². The minimum Gasteiger partial charge on any atom is -0.484 e. The van der Waals surface area contributed by atoms with Crippen molar-refractivity contribution in [2.45, 2.75) is 56.7 Å². The minimum absolute atomic E-state index is 0.0290. The lowest BCUT2D eigenvalue weighted by Gasteiger charge is -2.29. The number of rotatable bonds is 5. The maximum Gasteiger partial charge on any atom is 0.258 e. The quantitative estimate of drug-likeness (QED) is 0.852. The van der Waals surface area contributed by atoms with Gasteiger partial charge in [-0.05, 0) is 56.4 Å². The molecule has 2 bridgehead atoms. The zero-order valence-electron chi connectivity index (χ0n) is 14.4. The van der Waals surface area contributed by atoms with Crippen LogP contribution in [0.3, 0.4) is 0 Å². The summed E-state index contributed by atoms with van der Waals surface area (Å²) < 4.78 is 5.59. The summed E-state index contributed by atoms with van der Waals surface area (Å²) in [6.45, 7) is 0.806. The molecule has 6 nitrogen and oxygen atoms in total. The van der Waals surface area contributed by atoms with Gasteiger partial charge in [-0.15, -0.1) is 0 Å². The fourth-order valence-electron chi connectivity index (χ4n) is 4.24. The Morgan fingerprint density at radius 3 is 2.56 bits per heavy atom. The molecule has 0 aromatic heterocycles. The van der Waals surface area contributed by atoms with E-state index >= 15 is 0 Å². The molecule has 0 saturated carbocycles. The molecule has 2 atom stereocenters. The third-order valence-corrected chi connectivity index (χ3v) is 5.43. The highest BCUT2D eigenvalue weighted by atomic mass is 16.5. The molecule has 1 aromatic carbocycles. The van der Waals surface area contributed by atoms with Gasteiger partial charge in [0.2, 0.25) is 5.91 Å². The summed E-state index contributed by atoms with van der Waals surface area (Å²) in [5, 5.41) is 6.67. The third kappa shape index (κ3) is 3.79. The molecule has 2 amide bonds. The molecule has 2 unspecified atom stereocenters. The van der Waals surface area contributed by atoms with Crippen molar-refractivity contribution >= 4 is 17.5 Å². The standard InChI is InChI=1S/C19H25N3O3/c23-18(21-15-10-13-3-4-14(11-15)20-13)12-25-17-7-5-16(6-8-17)22-9-1-2-19(22)24/h5-8,13-15,20H,1-4,9-12H2,(H,21,23). The summed E-state index contributed by atoms with van der Waals surface area (Å²) in [6, 6.07) is 8.77. The number of piperidine rings is 1. The molecule has 1 aromatic rings. The fourth-order valence-corrected chi connectivity index (χ4v) is 4.24. The molecular weight excluding hydrogens is 318 g/mol. The molecular formula is C19H25N3O3. The summed E-state index contributed by atoms with van der Waals surface area (Å²) in [6.07, 6.45) is 6.01. The minimum atomic E-state index is -0.0647. The van der Waals surface area contributed by atoms with E-state index in [0.29, 0.717) is 24.3 Å². The van der Waals surface area contributed by atoms with Crippen molar-refractivity contribution in [1.29, 1.82) is 0 Å². The Balaban J connectivity index is 1.25. The van der Waals surface area contributed by atoms with Gasteiger partial charge in [-0.2, -0.15) is 0 Å². The number of carbonyl (C=O) groups is 2. The highest BCUT2D eigenvalue weighted by Gasteiger charge is 2.33. The monoisotopic (exact) mass is 343 g/mol. The Labute approximate surface area is 147 Å². The van der Waals surface area contributed by atoms with Gasteiger partial charge < -0.3 is 20.3 Å². The zero-order valence-corrected chi connectivity index (χ0v) is 14.4. The molecule has 0 radical (unpaired) electrons. The van der Waals surface area contributed by atoms with Gasteiger partial charge >= 0.3 is 0 Å². The molecule has 2 N–H and O–H groups in total. The van der Waals surface area contributed by atoms with Crippen LogP contribution in [0.5, 0.6) is 5.75 Å². The van der Waals surface area contributed by atoms with E-state index < -0.39 is 0 Å². The first-order chi connectivity index (χ1) is 12.2. The average molecular weight is 343 g/mol. The lowest BCUT2D eigenvalue weighted by atomic mass is 10.00. The van der Waals surface area contributed by atoms with E-state index in [1.165, 1.54) is 12.8 Å². The van der Waals surface area contributed by atoms with Gasteiger partial charge in [0.05, 0.1) is 0 Å². The van der Waals surface area contributed by atoms with Crippen LogP contribution in [0.4, 0.5) is 5.69 Å². The van der Waals surface area contributed by atoms with Crippen LogP contribution in [-0.2, 0) is 9.59 Å². The molecule has 25 heavy (non-hydrogen) atoms. The predicted molar refractivity (Wildman–Crippen MR) is 94.6 cm³/mol. The number of ether oxygens (including phenoxy) is 1. The Hall–Kier alpha value is -2.08. The van der Waals surface area contributed by atoms with Crippen LogP contribution < -0.4 is 20.3 Å². The number of carbonyl (C=O) groups excluding carboxylic acids is 2. The van der Waals surface area contributed by atoms with Crippen molar-refractivity contribution in [1.82, 2.24) is 10.6 Å². The molecule has 6 heteroatoms. The third-order valence-electron chi connectivity index (χ3n) is 5.43. The first-order valence-electron chi connectivity index (χ1n) is 9.26. The molecule has 134 valence electrons. The van der Waals surface area contributed by atoms with Crippen molar-refractivity contribution in [3.63, 3.8) is 0 Å². The van der Waals surface area contributed by atoms with Gasteiger partial charge in [0.25, 0.3) is 5.91 Å². The van der Waals surface area contributed by atoms with E-state index in [9.17, 15) is 9.59 Å². The highest BCUT2D eigenvalue weighted by Crippen LogP contribution is 2.27. The normalized spacial score (nSPS) is 28.2. The molecule has 0 aliphatic carbocycles. The highest BCUT2D eigenvalue weighted by molar-refractivity contribution is 5.95. The van der Waals surface area contributed by atoms with Crippen LogP contribution in [0.25, 0.3) is 0 Å². The Kier molecular flexibility index (Phi) is 4.61. The maximum absolute atomic E-state index is 12.1. The largest absolute Gasteiger partial charge is 0.484 e. The van der Waals surface area contributed by atoms with E-state index in [-0.39, 0.29) is 24.5 Å². The molecule has 3 saturated heterocycles. The van der Waals surface area contributed by atoms with E-state index in [0.717, 1.165) is 31.5 Å². The Morgan fingerprint density at radius 2 is 1.92 bits per heavy atom. The summed E-state index contributed by atoms with van der Waals surface area (Å²) in [5.74, 6) is 0.755. The Bertz CT molecular complexity index is 634. The van der Waals surface area contributed by atoms with E-state index in [2.05, 4.69) is 10.6 Å². The van der Waals surface area contributed by atoms with Crippen molar-refractivity contribution in [2.75, 3.05) is 18.1 Å². The number of fused-ring (bicyclic) bond motifs is 2. The maximum atomic E-state index is 12.1. The van der Waals surface area contributed by atoms with Crippen LogP contribution in [0.2, 0.25) is 0 Å². The number of benzene rings is 1. The molecule has 4 rings (SSSR count). The van der Waals surface area contributed by atoms with E-state index in [1.807, 2.05) is 24.3 Å². The zero-order chi connectivity index (χ0) is 17.2. The van der Waals surface area contributed by atoms with Crippen molar-refractivity contribution in [2.24, 2.45) is 0 Å². The van der Waals surface area contributed by atoms with Gasteiger partial charge in [0, 0.05) is 36.8 Å². The first kappa shape index (κ1) is 16.4. The summed E-state index contributed by atoms with van der Waals surface area (Å²) in [5.41, 5.74) is 0.893. The van der Waals surface area contributed by atoms with Crippen molar-refractivity contribution in [3.05, 3.63) is 24.3 Å². The van der Waals surface area contributed by atoms with Crippen LogP contribution in [-0.4, -0.2) is 43.1 Å². The van der Waals surface area contributed by atoms with Gasteiger partial charge in [-0.1, -0.05) is 0 Å². The predicted octanol–water partition coefficient (Wildman–Crippen LogP) is 1.59. The molecule has 3 heterocycles. The number of nitrogens with one attached hydrogen (secondary N) is 2. The van der Waals surface area contributed by atoms with E-state index in [4.69, 9.17) is 4.74 Å². The second-order valence-corrected chi connectivity index (χ2v) is 7.31. The lowest BCUT2D eigenvalue weighted by Crippen LogP contribution is -2.48.